The molecule has 0 aromatic heterocycles. The van der Waals surface area contributed by atoms with Crippen molar-refractivity contribution in [2.45, 2.75) is 203 Å². The third-order valence-electron chi connectivity index (χ3n) is 21.7. The van der Waals surface area contributed by atoms with Gasteiger partial charge in [0.2, 0.25) is 0 Å². The molecule has 10 heterocycles. The van der Waals surface area contributed by atoms with Crippen LogP contribution in [-0.2, 0) is 6.51 Å². The van der Waals surface area contributed by atoms with Crippen LogP contribution in [0, 0.1) is 0 Å². The Kier molecular flexibility index (Phi) is 3.58. The van der Waals surface area contributed by atoms with Crippen LogP contribution in [0.3, 0.4) is 0 Å². The molecular weight excluding hydrogens is 574 g/mol. The Morgan fingerprint density at radius 1 is 0.366 bits per heavy atom. The maximum absolute atomic E-state index is 3.34. The van der Waals surface area contributed by atoms with Crippen molar-refractivity contribution in [1.82, 2.24) is 0 Å². The summed E-state index contributed by atoms with van der Waals surface area (Å²) in [5.74, 6) is 0. The Hall–Kier alpha value is 1.38. The summed E-state index contributed by atoms with van der Waals surface area (Å²) >= 11 is 0. The second-order valence-electron chi connectivity index (χ2n) is 19.3. The van der Waals surface area contributed by atoms with E-state index in [0.29, 0.717) is 15.8 Å². The van der Waals surface area contributed by atoms with Gasteiger partial charge in [0.15, 0.2) is 0 Å². The van der Waals surface area contributed by atoms with E-state index in [4.69, 9.17) is 0 Å². The first-order chi connectivity index (χ1) is 20.0. The fraction of sp³-hybridized carbons (Fsp3) is 1.00. The van der Waals surface area contributed by atoms with Gasteiger partial charge in [-0.2, -0.15) is 0 Å². The molecular formula is C38H68FeP2. The summed E-state index contributed by atoms with van der Waals surface area (Å²) in [6, 6.07) is 0. The zero-order chi connectivity index (χ0) is 28.1. The second kappa shape index (κ2) is 5.34. The third-order valence-corrected chi connectivity index (χ3v) is 79.9. The van der Waals surface area contributed by atoms with Crippen LogP contribution in [-0.4, -0.2) is 32.8 Å². The molecule has 0 N–H and O–H groups in total. The predicted molar refractivity (Wildman–Crippen MR) is 184 cm³/mol. The standard InChI is InChI=1S/C33H63P2.C5H5.Fe/c1-5-9-13-17-21-28-34(29-22-18-14-10-6-2)32-26-25-27-33(32)35(30-23-19-15-11-7-3)31-24-20-16-12-8-4;1-2-4-5-3-1;/h25-27H,5-24,28-31H2,1-4H3;1-5H;. The van der Waals surface area contributed by atoms with E-state index in [2.05, 4.69) is 27.7 Å². The van der Waals surface area contributed by atoms with Crippen LogP contribution in [0.1, 0.15) is 156 Å². The van der Waals surface area contributed by atoms with Gasteiger partial charge in [0, 0.05) is 0 Å². The zero-order valence-corrected chi connectivity index (χ0v) is 30.7. The summed E-state index contributed by atoms with van der Waals surface area (Å²) in [4.78, 5) is 12.3. The molecule has 0 nitrogen and oxygen atoms in total. The molecule has 0 aromatic rings. The maximum atomic E-state index is 2.41. The molecule has 10 fully saturated rings. The van der Waals surface area contributed by atoms with Crippen LogP contribution < -0.4 is 0 Å². The molecule has 0 bridgehead atoms. The Labute approximate surface area is 248 Å². The van der Waals surface area contributed by atoms with Gasteiger partial charge < -0.3 is 0 Å². The first-order valence-corrected chi connectivity index (χ1v) is 29.3. The Morgan fingerprint density at radius 2 is 0.634 bits per heavy atom. The normalized spacial score (nSPS) is 58.6. The quantitative estimate of drug-likeness (QED) is 0.0500. The number of unbranched alkanes of at least 4 members (excludes halogenated alkanes) is 16. The third kappa shape index (κ3) is 0.891. The van der Waals surface area contributed by atoms with Crippen molar-refractivity contribution in [1.29, 1.82) is 0 Å². The van der Waals surface area contributed by atoms with Gasteiger partial charge in [0.05, 0.1) is 0 Å². The topological polar surface area (TPSA) is 0 Å². The summed E-state index contributed by atoms with van der Waals surface area (Å²) in [6.45, 7) is 6.31. The molecule has 0 amide bonds. The molecule has 10 saturated heterocycles. The minimum absolute atomic E-state index is 0.367. The molecule has 4 atom stereocenters. The van der Waals surface area contributed by atoms with Crippen LogP contribution in [0.15, 0.2) is 0 Å². The van der Waals surface area contributed by atoms with Crippen LogP contribution in [0.25, 0.3) is 0 Å². The fourth-order valence-electron chi connectivity index (χ4n) is 22.6. The molecule has 10 aliphatic rings. The van der Waals surface area contributed by atoms with Crippen molar-refractivity contribution in [3.63, 3.8) is 0 Å². The summed E-state index contributed by atoms with van der Waals surface area (Å²) in [6.07, 6.45) is 37.9. The number of fused-ring (bicyclic) bond motifs is 10. The van der Waals surface area contributed by atoms with Crippen LogP contribution >= 0.6 is 15.8 Å². The van der Waals surface area contributed by atoms with E-state index >= 15 is 0 Å². The van der Waals surface area contributed by atoms with Crippen LogP contribution in [0.5, 0.6) is 0 Å². The van der Waals surface area contributed by atoms with Crippen molar-refractivity contribution >= 4 is 15.8 Å². The Morgan fingerprint density at radius 3 is 0.854 bits per heavy atom. The fourth-order valence-corrected chi connectivity index (χ4v) is 133. The number of hydrogen-bond donors (Lipinski definition) is 0. The van der Waals surface area contributed by atoms with Gasteiger partial charge in [0.1, 0.15) is 0 Å². The molecule has 238 valence electrons. The van der Waals surface area contributed by atoms with Gasteiger partial charge in [-0.15, -0.1) is 0 Å². The van der Waals surface area contributed by atoms with Gasteiger partial charge in [0.25, 0.3) is 0 Å². The van der Waals surface area contributed by atoms with E-state index in [0.717, 1.165) is 0 Å². The van der Waals surface area contributed by atoms with Crippen molar-refractivity contribution in [2.75, 3.05) is 24.6 Å². The van der Waals surface area contributed by atoms with Crippen LogP contribution in [0.4, 0.5) is 0 Å². The second-order valence-corrected chi connectivity index (χ2v) is 48.7. The van der Waals surface area contributed by atoms with E-state index in [1.54, 1.807) is 111 Å². The van der Waals surface area contributed by atoms with Gasteiger partial charge in [-0.05, 0) is 0 Å². The van der Waals surface area contributed by atoms with E-state index in [-0.39, 0.29) is 0 Å². The van der Waals surface area contributed by atoms with E-state index in [1.807, 2.05) is 0 Å². The number of hydrogen-bond acceptors (Lipinski definition) is 0. The average molecular weight is 643 g/mol. The van der Waals surface area contributed by atoms with Crippen molar-refractivity contribution in [2.24, 2.45) is 0 Å². The summed E-state index contributed by atoms with van der Waals surface area (Å²) in [5, 5.41) is 0. The molecule has 1 spiro atoms. The Balaban J connectivity index is 0.966. The molecule has 4 unspecified atom stereocenters. The summed E-state index contributed by atoms with van der Waals surface area (Å²) in [5.41, 5.74) is 0. The summed E-state index contributed by atoms with van der Waals surface area (Å²) in [7, 11) is 0.733. The van der Waals surface area contributed by atoms with E-state index < -0.39 is 6.51 Å². The van der Waals surface area contributed by atoms with Crippen molar-refractivity contribution in [3.05, 3.63) is 0 Å². The van der Waals surface area contributed by atoms with E-state index in [9.17, 15) is 0 Å². The van der Waals surface area contributed by atoms with Gasteiger partial charge in [-0.25, -0.2) is 0 Å². The zero-order valence-electron chi connectivity index (χ0n) is 27.8. The van der Waals surface area contributed by atoms with Crippen molar-refractivity contribution < 1.29 is 6.51 Å². The number of rotatable bonds is 26. The Bertz CT molecular complexity index is 1250. The van der Waals surface area contributed by atoms with Gasteiger partial charge in [-0.3, -0.25) is 0 Å². The first kappa shape index (κ1) is 27.5. The predicted octanol–water partition coefficient (Wildman–Crippen LogP) is 14.0. The van der Waals surface area contributed by atoms with Gasteiger partial charge >= 0.3 is 250 Å². The molecule has 0 saturated carbocycles. The average Bonchev–Trinajstić information content (AvgIpc) is 3.93. The first-order valence-electron chi connectivity index (χ1n) is 19.7. The molecule has 10 rings (SSSR count). The molecule has 41 heavy (non-hydrogen) atoms. The molecule has 0 radical (unpaired) electrons. The van der Waals surface area contributed by atoms with Gasteiger partial charge in [-0.1, -0.05) is 0 Å². The summed E-state index contributed by atoms with van der Waals surface area (Å²) < 4.78 is 2.41. The monoisotopic (exact) mass is 642 g/mol. The van der Waals surface area contributed by atoms with Crippen LogP contribution in [0.2, 0.25) is 38.5 Å². The molecule has 0 aliphatic carbocycles. The molecule has 0 aromatic carbocycles. The van der Waals surface area contributed by atoms with Crippen molar-refractivity contribution in [3.8, 4) is 0 Å². The SMILES string of the molecule is CCCCCCCP(CCCCCCC)[C]12[CH]3[CH]4[CH]5[C]1(P(CCCCCCC)CCCCCCC)[Fe]43521678[CH]2[CH]1[CH]6[CH]7[CH]28. The van der Waals surface area contributed by atoms with E-state index in [1.165, 1.54) is 88.4 Å². The molecule has 10 aliphatic heterocycles. The molecule has 3 heteroatoms. The minimum atomic E-state index is -3.34.